The van der Waals surface area contributed by atoms with Gasteiger partial charge in [-0.3, -0.25) is 19.3 Å². The molecule has 0 bridgehead atoms. The molecule has 4 aromatic rings. The number of phenolic OH excluding ortho intramolecular Hbond substituents is 1. The zero-order chi connectivity index (χ0) is 29.4. The molecule has 0 spiro atoms. The van der Waals surface area contributed by atoms with Gasteiger partial charge >= 0.3 is 0 Å². The maximum atomic E-state index is 13.6. The molecule has 2 heterocycles. The normalized spacial score (nSPS) is 14.7. The third-order valence-electron chi connectivity index (χ3n) is 7.74. The monoisotopic (exact) mass is 562 g/mol. The Morgan fingerprint density at radius 1 is 0.786 bits per heavy atom. The molecule has 2 aliphatic heterocycles. The number of aryl methyl sites for hydroxylation is 1. The Bertz CT molecular complexity index is 1700. The van der Waals surface area contributed by atoms with Gasteiger partial charge in [-0.2, -0.15) is 0 Å². The number of anilines is 1. The summed E-state index contributed by atoms with van der Waals surface area (Å²) in [4.78, 5) is 42.1. The minimum Gasteiger partial charge on any atom is -0.508 e. The first kappa shape index (κ1) is 27.1. The van der Waals surface area contributed by atoms with Crippen LogP contribution >= 0.6 is 0 Å². The van der Waals surface area contributed by atoms with Crippen molar-refractivity contribution < 1.29 is 29.0 Å². The van der Waals surface area contributed by atoms with Gasteiger partial charge in [0, 0.05) is 17.3 Å². The molecule has 0 aliphatic carbocycles. The Hall–Kier alpha value is -5.11. The maximum Gasteiger partial charge on any atom is 0.262 e. The lowest BCUT2D eigenvalue weighted by molar-refractivity contribution is 0.0642. The van der Waals surface area contributed by atoms with Crippen molar-refractivity contribution in [2.45, 2.75) is 39.0 Å². The number of nitrogens with zero attached hydrogens (tertiary/aromatic N) is 2. The highest BCUT2D eigenvalue weighted by Crippen LogP contribution is 2.37. The SMILES string of the molecule is COc1ccc(N2Cc3ccc(CN4C(=O)c5ccc(O)cc5C4=O)cc3C2=O)cc1OC(C)CCc1ccccc1. The molecule has 0 saturated carbocycles. The summed E-state index contributed by atoms with van der Waals surface area (Å²) in [7, 11) is 1.59. The zero-order valence-corrected chi connectivity index (χ0v) is 23.4. The van der Waals surface area contributed by atoms with E-state index < -0.39 is 11.8 Å². The van der Waals surface area contributed by atoms with Crippen LogP contribution in [0, 0.1) is 0 Å². The predicted molar refractivity (Wildman–Crippen MR) is 157 cm³/mol. The average molecular weight is 563 g/mol. The van der Waals surface area contributed by atoms with Crippen molar-refractivity contribution in [3.63, 3.8) is 0 Å². The van der Waals surface area contributed by atoms with E-state index in [4.69, 9.17) is 9.47 Å². The molecule has 0 radical (unpaired) electrons. The molecular weight excluding hydrogens is 532 g/mol. The summed E-state index contributed by atoms with van der Waals surface area (Å²) in [6.07, 6.45) is 1.63. The first-order chi connectivity index (χ1) is 20.3. The van der Waals surface area contributed by atoms with Crippen molar-refractivity contribution in [3.8, 4) is 17.2 Å². The standard InChI is InChI=1S/C34H30N2O6/c1-21(8-9-22-6-4-3-5-7-22)42-31-17-25(12-15-30(31)41-2)35-20-24-11-10-23(16-28(24)33(35)39)19-36-32(38)27-14-13-26(37)18-29(27)34(36)40/h3-7,10-18,21,37H,8-9,19-20H2,1-2H3. The van der Waals surface area contributed by atoms with Gasteiger partial charge in [0.15, 0.2) is 11.5 Å². The number of benzene rings is 4. The number of hydrogen-bond donors (Lipinski definition) is 1. The van der Waals surface area contributed by atoms with Crippen molar-refractivity contribution in [2.75, 3.05) is 12.0 Å². The molecule has 6 rings (SSSR count). The largest absolute Gasteiger partial charge is 0.508 e. The molecular formula is C34H30N2O6. The van der Waals surface area contributed by atoms with E-state index in [1.807, 2.05) is 49.4 Å². The van der Waals surface area contributed by atoms with Crippen LogP contribution in [0.25, 0.3) is 0 Å². The van der Waals surface area contributed by atoms with Crippen LogP contribution < -0.4 is 14.4 Å². The van der Waals surface area contributed by atoms with Gasteiger partial charge in [0.05, 0.1) is 37.4 Å². The second kappa shape index (κ2) is 11.0. The van der Waals surface area contributed by atoms with E-state index >= 15 is 0 Å². The molecule has 1 atom stereocenters. The Morgan fingerprint density at radius 3 is 2.36 bits per heavy atom. The fourth-order valence-electron chi connectivity index (χ4n) is 5.48. The van der Waals surface area contributed by atoms with Gasteiger partial charge in [-0.25, -0.2) is 0 Å². The molecule has 3 amide bonds. The number of hydrogen-bond acceptors (Lipinski definition) is 6. The average Bonchev–Trinajstić information content (AvgIpc) is 3.45. The van der Waals surface area contributed by atoms with Crippen molar-refractivity contribution >= 4 is 23.4 Å². The summed E-state index contributed by atoms with van der Waals surface area (Å²) in [5.41, 5.74) is 4.40. The van der Waals surface area contributed by atoms with Crippen LogP contribution in [-0.4, -0.2) is 40.9 Å². The number of aromatic hydroxyl groups is 1. The van der Waals surface area contributed by atoms with Crippen molar-refractivity contribution in [3.05, 3.63) is 118 Å². The van der Waals surface area contributed by atoms with E-state index in [-0.39, 0.29) is 35.4 Å². The van der Waals surface area contributed by atoms with E-state index in [9.17, 15) is 19.5 Å². The topological polar surface area (TPSA) is 96.4 Å². The summed E-state index contributed by atoms with van der Waals surface area (Å²) < 4.78 is 11.8. The molecule has 1 unspecified atom stereocenters. The van der Waals surface area contributed by atoms with Gasteiger partial charge in [-0.1, -0.05) is 42.5 Å². The van der Waals surface area contributed by atoms with Gasteiger partial charge in [0.25, 0.3) is 17.7 Å². The predicted octanol–water partition coefficient (Wildman–Crippen LogP) is 5.76. The number of ether oxygens (including phenoxy) is 2. The summed E-state index contributed by atoms with van der Waals surface area (Å²) >= 11 is 0. The molecule has 8 heteroatoms. The molecule has 2 aliphatic rings. The summed E-state index contributed by atoms with van der Waals surface area (Å²) in [6, 6.07) is 25.3. The molecule has 1 N–H and O–H groups in total. The first-order valence-electron chi connectivity index (χ1n) is 13.8. The van der Waals surface area contributed by atoms with Crippen LogP contribution in [-0.2, 0) is 19.5 Å². The molecule has 0 fully saturated rings. The van der Waals surface area contributed by atoms with Crippen molar-refractivity contribution in [2.24, 2.45) is 0 Å². The number of fused-ring (bicyclic) bond motifs is 2. The van der Waals surface area contributed by atoms with Crippen LogP contribution in [0.2, 0.25) is 0 Å². The van der Waals surface area contributed by atoms with E-state index in [0.29, 0.717) is 34.9 Å². The van der Waals surface area contributed by atoms with Crippen LogP contribution in [0.15, 0.2) is 84.9 Å². The molecule has 4 aromatic carbocycles. The number of carbonyl (C=O) groups excluding carboxylic acids is 3. The number of methoxy groups -OCH3 is 1. The molecule has 0 aromatic heterocycles. The minimum atomic E-state index is -0.469. The quantitative estimate of drug-likeness (QED) is 0.261. The number of phenols is 1. The van der Waals surface area contributed by atoms with Crippen LogP contribution in [0.3, 0.4) is 0 Å². The molecule has 0 saturated heterocycles. The third kappa shape index (κ3) is 5.07. The molecule has 8 nitrogen and oxygen atoms in total. The number of rotatable bonds is 9. The Morgan fingerprint density at radius 2 is 1.57 bits per heavy atom. The van der Waals surface area contributed by atoms with Crippen LogP contribution in [0.4, 0.5) is 5.69 Å². The van der Waals surface area contributed by atoms with Gasteiger partial charge in [0.2, 0.25) is 0 Å². The molecule has 42 heavy (non-hydrogen) atoms. The fourth-order valence-corrected chi connectivity index (χ4v) is 5.48. The Labute approximate surface area is 243 Å². The van der Waals surface area contributed by atoms with E-state index in [1.54, 1.807) is 24.1 Å². The highest BCUT2D eigenvalue weighted by Gasteiger charge is 2.36. The van der Waals surface area contributed by atoms with E-state index in [0.717, 1.165) is 23.3 Å². The lowest BCUT2D eigenvalue weighted by Crippen LogP contribution is -2.29. The van der Waals surface area contributed by atoms with E-state index in [1.165, 1.54) is 23.8 Å². The highest BCUT2D eigenvalue weighted by atomic mass is 16.5. The van der Waals surface area contributed by atoms with Gasteiger partial charge < -0.3 is 19.5 Å². The molecule has 212 valence electrons. The number of carbonyl (C=O) groups is 3. The minimum absolute atomic E-state index is 0.0229. The fraction of sp³-hybridized carbons (Fsp3) is 0.206. The van der Waals surface area contributed by atoms with Crippen LogP contribution in [0.1, 0.15) is 61.1 Å². The van der Waals surface area contributed by atoms with E-state index in [2.05, 4.69) is 12.1 Å². The second-order valence-corrected chi connectivity index (χ2v) is 10.6. The third-order valence-corrected chi connectivity index (χ3v) is 7.74. The Kier molecular flexibility index (Phi) is 7.12. The number of amides is 3. The highest BCUT2D eigenvalue weighted by molar-refractivity contribution is 6.21. The van der Waals surface area contributed by atoms with Crippen molar-refractivity contribution in [1.29, 1.82) is 0 Å². The summed E-state index contributed by atoms with van der Waals surface area (Å²) in [6.45, 7) is 2.43. The van der Waals surface area contributed by atoms with Gasteiger partial charge in [-0.05, 0) is 72.9 Å². The summed E-state index contributed by atoms with van der Waals surface area (Å²) in [5.74, 6) is 0.0130. The number of imide groups is 1. The lowest BCUT2D eigenvalue weighted by Gasteiger charge is -2.21. The maximum absolute atomic E-state index is 13.6. The summed E-state index contributed by atoms with van der Waals surface area (Å²) in [5, 5.41) is 9.75. The van der Waals surface area contributed by atoms with Crippen LogP contribution in [0.5, 0.6) is 17.2 Å². The Balaban J connectivity index is 1.17. The second-order valence-electron chi connectivity index (χ2n) is 10.6. The zero-order valence-electron chi connectivity index (χ0n) is 23.4. The smallest absolute Gasteiger partial charge is 0.262 e. The lowest BCUT2D eigenvalue weighted by atomic mass is 10.1. The van der Waals surface area contributed by atoms with Gasteiger partial charge in [0.1, 0.15) is 5.75 Å². The van der Waals surface area contributed by atoms with Crippen molar-refractivity contribution in [1.82, 2.24) is 4.90 Å². The first-order valence-corrected chi connectivity index (χ1v) is 13.8. The van der Waals surface area contributed by atoms with Gasteiger partial charge in [-0.15, -0.1) is 0 Å².